The summed E-state index contributed by atoms with van der Waals surface area (Å²) in [6.45, 7) is 4.75. The molecule has 1 aliphatic rings. The Labute approximate surface area is 155 Å². The molecule has 0 atom stereocenters. The van der Waals surface area contributed by atoms with Crippen molar-refractivity contribution < 1.29 is 22.7 Å². The monoisotopic (exact) mass is 383 g/mol. The lowest BCUT2D eigenvalue weighted by Crippen LogP contribution is -2.38. The largest absolute Gasteiger partial charge is 0.435 e. The topological polar surface area (TPSA) is 56.1 Å². The number of alkyl halides is 2. The van der Waals surface area contributed by atoms with E-state index in [0.29, 0.717) is 5.52 Å². The highest BCUT2D eigenvalue weighted by Crippen LogP contribution is 2.44. The van der Waals surface area contributed by atoms with Gasteiger partial charge in [-0.05, 0) is 31.6 Å². The van der Waals surface area contributed by atoms with E-state index in [4.69, 9.17) is 0 Å². The van der Waals surface area contributed by atoms with Crippen molar-refractivity contribution in [3.8, 4) is 5.75 Å². The van der Waals surface area contributed by atoms with Crippen molar-refractivity contribution in [2.45, 2.75) is 65.5 Å². The van der Waals surface area contributed by atoms with Crippen molar-refractivity contribution in [2.75, 3.05) is 5.32 Å². The van der Waals surface area contributed by atoms with E-state index in [1.807, 2.05) is 27.7 Å². The molecule has 1 amide bonds. The summed E-state index contributed by atoms with van der Waals surface area (Å²) in [7, 11) is 0. The summed E-state index contributed by atoms with van der Waals surface area (Å²) in [5.74, 6) is -1.04. The molecule has 2 aromatic rings. The number of nitrogens with one attached hydrogen (secondary N) is 1. The fraction of sp³-hybridized carbons (Fsp3) is 0.579. The van der Waals surface area contributed by atoms with Gasteiger partial charge in [-0.25, -0.2) is 9.37 Å². The van der Waals surface area contributed by atoms with E-state index >= 15 is 0 Å². The quantitative estimate of drug-likeness (QED) is 0.786. The van der Waals surface area contributed by atoms with Crippen LogP contribution in [0.5, 0.6) is 5.75 Å². The van der Waals surface area contributed by atoms with Gasteiger partial charge < -0.3 is 9.30 Å². The van der Waals surface area contributed by atoms with Crippen LogP contribution in [-0.2, 0) is 10.3 Å². The van der Waals surface area contributed by atoms with Gasteiger partial charge >= 0.3 is 6.61 Å². The van der Waals surface area contributed by atoms with Gasteiger partial charge in [0.05, 0.1) is 5.52 Å². The number of benzene rings is 1. The van der Waals surface area contributed by atoms with Crippen LogP contribution in [0.3, 0.4) is 0 Å². The minimum absolute atomic E-state index is 0.0239. The maximum Gasteiger partial charge on any atom is 0.387 e. The molecule has 1 fully saturated rings. The first kappa shape index (κ1) is 19.5. The van der Waals surface area contributed by atoms with Crippen molar-refractivity contribution >= 4 is 22.9 Å². The van der Waals surface area contributed by atoms with E-state index in [1.165, 1.54) is 6.07 Å². The number of hydrogen-bond acceptors (Lipinski definition) is 3. The first-order valence-electron chi connectivity index (χ1n) is 8.96. The minimum Gasteiger partial charge on any atom is -0.435 e. The van der Waals surface area contributed by atoms with Gasteiger partial charge in [-0.15, -0.1) is 0 Å². The van der Waals surface area contributed by atoms with Gasteiger partial charge in [0.25, 0.3) is 0 Å². The highest BCUT2D eigenvalue weighted by atomic mass is 19.3. The summed E-state index contributed by atoms with van der Waals surface area (Å²) in [5.41, 5.74) is -0.227. The average Bonchev–Trinajstić information content (AvgIpc) is 2.81. The summed E-state index contributed by atoms with van der Waals surface area (Å²) in [6.07, 6.45) is 2.90. The van der Waals surface area contributed by atoms with Crippen LogP contribution in [0, 0.1) is 11.2 Å². The van der Waals surface area contributed by atoms with Gasteiger partial charge in [0, 0.05) is 24.1 Å². The number of rotatable bonds is 5. The zero-order valence-corrected chi connectivity index (χ0v) is 15.9. The highest BCUT2D eigenvalue weighted by molar-refractivity contribution is 5.92. The molecule has 0 aliphatic heterocycles. The lowest BCUT2D eigenvalue weighted by molar-refractivity contribution is -0.117. The number of fused-ring (bicyclic) bond motifs is 1. The Morgan fingerprint density at radius 1 is 1.37 bits per heavy atom. The van der Waals surface area contributed by atoms with E-state index in [9.17, 15) is 18.0 Å². The summed E-state index contributed by atoms with van der Waals surface area (Å²) in [4.78, 5) is 16.7. The normalized spacial score (nSPS) is 16.4. The van der Waals surface area contributed by atoms with Crippen LogP contribution in [0.2, 0.25) is 0 Å². The predicted molar refractivity (Wildman–Crippen MR) is 96.5 cm³/mol. The molecule has 5 nitrogen and oxygen atoms in total. The molecular formula is C19H24F3N3O2. The number of nitrogens with zero attached hydrogens (tertiary/aromatic N) is 2. The van der Waals surface area contributed by atoms with E-state index in [1.54, 1.807) is 4.57 Å². The van der Waals surface area contributed by atoms with Gasteiger partial charge in [-0.3, -0.25) is 10.1 Å². The molecule has 1 aromatic heterocycles. The molecule has 1 saturated carbocycles. The number of amides is 1. The number of imidazole rings is 1. The van der Waals surface area contributed by atoms with Gasteiger partial charge in [-0.1, -0.05) is 20.8 Å². The number of ether oxygens (including phenoxy) is 1. The summed E-state index contributed by atoms with van der Waals surface area (Å²) < 4.78 is 45.8. The van der Waals surface area contributed by atoms with Crippen LogP contribution in [0.25, 0.3) is 11.0 Å². The molecule has 0 saturated heterocycles. The number of carbonyl (C=O) groups is 1. The van der Waals surface area contributed by atoms with Crippen LogP contribution in [0.1, 0.15) is 53.4 Å². The molecule has 0 bridgehead atoms. The van der Waals surface area contributed by atoms with Crippen molar-refractivity contribution in [2.24, 2.45) is 5.41 Å². The maximum absolute atomic E-state index is 14.5. The van der Waals surface area contributed by atoms with Crippen molar-refractivity contribution in [3.63, 3.8) is 0 Å². The molecule has 27 heavy (non-hydrogen) atoms. The lowest BCUT2D eigenvalue weighted by atomic mass is 9.78. The second-order valence-corrected chi connectivity index (χ2v) is 8.56. The Bertz CT molecular complexity index is 867. The molecule has 0 spiro atoms. The van der Waals surface area contributed by atoms with E-state index < -0.39 is 12.4 Å². The fourth-order valence-corrected chi connectivity index (χ4v) is 3.48. The van der Waals surface area contributed by atoms with E-state index in [0.717, 1.165) is 25.3 Å². The predicted octanol–water partition coefficient (Wildman–Crippen LogP) is 5.05. The molecule has 8 heteroatoms. The number of halogens is 3. The first-order chi connectivity index (χ1) is 12.5. The SMILES string of the molecule is CC(C)(C)CC(=O)Nc1nc2c(F)cc(OC(F)F)cc2n1C1(C)CCC1. The molecule has 0 radical (unpaired) electrons. The van der Waals surface area contributed by atoms with Crippen molar-refractivity contribution in [1.29, 1.82) is 0 Å². The molecular weight excluding hydrogens is 359 g/mol. The van der Waals surface area contributed by atoms with Crippen molar-refractivity contribution in [1.82, 2.24) is 9.55 Å². The van der Waals surface area contributed by atoms with Crippen LogP contribution in [-0.4, -0.2) is 22.1 Å². The van der Waals surface area contributed by atoms with Gasteiger partial charge in [-0.2, -0.15) is 8.78 Å². The number of aromatic nitrogens is 2. The average molecular weight is 383 g/mol. The fourth-order valence-electron chi connectivity index (χ4n) is 3.48. The van der Waals surface area contributed by atoms with E-state index in [2.05, 4.69) is 15.0 Å². The van der Waals surface area contributed by atoms with E-state index in [-0.39, 0.29) is 40.5 Å². The Balaban J connectivity index is 2.08. The van der Waals surface area contributed by atoms with Crippen LogP contribution >= 0.6 is 0 Å². The number of hydrogen-bond donors (Lipinski definition) is 1. The van der Waals surface area contributed by atoms with Crippen molar-refractivity contribution in [3.05, 3.63) is 17.9 Å². The third-order valence-corrected chi connectivity index (χ3v) is 4.83. The minimum atomic E-state index is -3.05. The maximum atomic E-state index is 14.5. The number of anilines is 1. The third kappa shape index (κ3) is 4.04. The van der Waals surface area contributed by atoms with Gasteiger partial charge in [0.15, 0.2) is 5.82 Å². The Morgan fingerprint density at radius 2 is 2.04 bits per heavy atom. The molecule has 148 valence electrons. The van der Waals surface area contributed by atoms with Crippen LogP contribution in [0.15, 0.2) is 12.1 Å². The zero-order valence-electron chi connectivity index (χ0n) is 15.9. The second-order valence-electron chi connectivity index (χ2n) is 8.56. The zero-order chi connectivity index (χ0) is 20.0. The smallest absolute Gasteiger partial charge is 0.387 e. The van der Waals surface area contributed by atoms with Crippen LogP contribution < -0.4 is 10.1 Å². The molecule has 1 aliphatic carbocycles. The van der Waals surface area contributed by atoms with Gasteiger partial charge in [0.1, 0.15) is 11.3 Å². The molecule has 1 aromatic carbocycles. The Morgan fingerprint density at radius 3 is 2.56 bits per heavy atom. The molecule has 1 N–H and O–H groups in total. The lowest BCUT2D eigenvalue weighted by Gasteiger charge is -2.41. The molecule has 0 unspecified atom stereocenters. The summed E-state index contributed by atoms with van der Waals surface area (Å²) in [6, 6.07) is 2.23. The Hall–Kier alpha value is -2.25. The summed E-state index contributed by atoms with van der Waals surface area (Å²) >= 11 is 0. The second kappa shape index (κ2) is 6.73. The van der Waals surface area contributed by atoms with Crippen LogP contribution in [0.4, 0.5) is 19.1 Å². The van der Waals surface area contributed by atoms with Gasteiger partial charge in [0.2, 0.25) is 11.9 Å². The summed E-state index contributed by atoms with van der Waals surface area (Å²) in [5, 5.41) is 2.78. The molecule has 3 rings (SSSR count). The third-order valence-electron chi connectivity index (χ3n) is 4.83. The molecule has 1 heterocycles. The first-order valence-corrected chi connectivity index (χ1v) is 8.96. The Kier molecular flexibility index (Phi) is 4.86. The highest BCUT2D eigenvalue weighted by Gasteiger charge is 2.38. The number of carbonyl (C=O) groups excluding carboxylic acids is 1. The standard InChI is InChI=1S/C19H24F3N3O2/c1-18(2,3)10-14(26)23-17-24-15-12(20)8-11(27-16(21)22)9-13(15)25(17)19(4)6-5-7-19/h8-9,16H,5-7,10H2,1-4H3,(H,23,24,26).